The van der Waals surface area contributed by atoms with E-state index in [4.69, 9.17) is 9.72 Å². The van der Waals surface area contributed by atoms with Crippen LogP contribution in [0.15, 0.2) is 91.1 Å². The van der Waals surface area contributed by atoms with E-state index in [0.717, 1.165) is 39.1 Å². The van der Waals surface area contributed by atoms with Crippen molar-refractivity contribution in [3.63, 3.8) is 0 Å². The van der Waals surface area contributed by atoms with Crippen LogP contribution in [0.1, 0.15) is 11.3 Å². The van der Waals surface area contributed by atoms with Gasteiger partial charge in [0.2, 0.25) is 5.88 Å². The predicted octanol–water partition coefficient (Wildman–Crippen LogP) is 7.25. The van der Waals surface area contributed by atoms with Crippen molar-refractivity contribution >= 4 is 21.8 Å². The molecule has 0 aliphatic carbocycles. The number of aromatic nitrogens is 3. The van der Waals surface area contributed by atoms with E-state index in [0.29, 0.717) is 11.6 Å². The van der Waals surface area contributed by atoms with Crippen molar-refractivity contribution in [2.75, 3.05) is 0 Å². The molecule has 6 aromatic rings. The Hall–Kier alpha value is -3.75. The van der Waals surface area contributed by atoms with Gasteiger partial charge < -0.3 is 9.30 Å². The molecule has 0 atom stereocenters. The molecule has 0 fully saturated rings. The molecule has 0 bridgehead atoms. The summed E-state index contributed by atoms with van der Waals surface area (Å²) in [5.74, 6) is 2.05. The summed E-state index contributed by atoms with van der Waals surface area (Å²) >= 11 is 0. The average molecular weight is 635 g/mol. The van der Waals surface area contributed by atoms with E-state index < -0.39 is 0 Å². The maximum Gasteiger partial charge on any atom is 2.00 e. The summed E-state index contributed by atoms with van der Waals surface area (Å²) in [7, 11) is 0. The summed E-state index contributed by atoms with van der Waals surface area (Å²) in [6, 6.07) is 35.3. The number of aryl methyl sites for hydroxylation is 2. The minimum absolute atomic E-state index is 0. The minimum atomic E-state index is 0. The van der Waals surface area contributed by atoms with Gasteiger partial charge in [0, 0.05) is 29.2 Å². The zero-order valence-electron chi connectivity index (χ0n) is 19.2. The topological polar surface area (TPSA) is 39.9 Å². The fourth-order valence-corrected chi connectivity index (χ4v) is 4.41. The molecule has 0 amide bonds. The van der Waals surface area contributed by atoms with Crippen LogP contribution >= 0.6 is 0 Å². The Morgan fingerprint density at radius 1 is 0.771 bits per heavy atom. The van der Waals surface area contributed by atoms with Gasteiger partial charge in [0.1, 0.15) is 5.82 Å². The van der Waals surface area contributed by atoms with Gasteiger partial charge in [0.05, 0.1) is 0 Å². The van der Waals surface area contributed by atoms with E-state index in [1.165, 1.54) is 10.9 Å². The molecule has 5 heteroatoms. The molecule has 0 spiro atoms. The van der Waals surface area contributed by atoms with E-state index in [9.17, 15) is 0 Å². The van der Waals surface area contributed by atoms with E-state index in [2.05, 4.69) is 77.1 Å². The summed E-state index contributed by atoms with van der Waals surface area (Å²) in [4.78, 5) is 9.09. The van der Waals surface area contributed by atoms with Crippen LogP contribution in [0.4, 0.5) is 0 Å². The van der Waals surface area contributed by atoms with E-state index in [-0.39, 0.29) is 21.1 Å². The van der Waals surface area contributed by atoms with Crippen molar-refractivity contribution in [3.05, 3.63) is 115 Å². The van der Waals surface area contributed by atoms with Crippen molar-refractivity contribution < 1.29 is 25.8 Å². The second kappa shape index (κ2) is 9.48. The van der Waals surface area contributed by atoms with Crippen molar-refractivity contribution in [2.24, 2.45) is 0 Å². The molecule has 0 radical (unpaired) electrons. The molecule has 4 nitrogen and oxygen atoms in total. The van der Waals surface area contributed by atoms with Crippen LogP contribution in [0.5, 0.6) is 11.6 Å². The van der Waals surface area contributed by atoms with Crippen LogP contribution in [-0.2, 0) is 21.1 Å². The molecular formula is C30H21N3OPt. The number of hydrogen-bond donors (Lipinski definition) is 0. The molecule has 3 heterocycles. The molecule has 0 unspecified atom stereocenters. The monoisotopic (exact) mass is 634 g/mol. The molecule has 3 aromatic carbocycles. The van der Waals surface area contributed by atoms with Crippen LogP contribution in [0, 0.1) is 26.0 Å². The summed E-state index contributed by atoms with van der Waals surface area (Å²) in [6.45, 7) is 4.13. The quantitative estimate of drug-likeness (QED) is 0.192. The van der Waals surface area contributed by atoms with E-state index >= 15 is 0 Å². The van der Waals surface area contributed by atoms with Crippen LogP contribution in [0.2, 0.25) is 0 Å². The molecule has 6 rings (SSSR count). The standard InChI is InChI=1S/C30H21N3O.Pt/c1-20-16-21(2)32-29(17-20)33-27-11-4-3-10-25(27)26-14-13-23(19-28(26)33)22-8-7-9-24(18-22)34-30-12-5-6-15-31-30;/h3-17H,1-2H3;/q-2;+2. The first-order valence-corrected chi connectivity index (χ1v) is 11.2. The molecular weight excluding hydrogens is 613 g/mol. The fraction of sp³-hybridized carbons (Fsp3) is 0.0667. The molecule has 0 saturated carbocycles. The third-order valence-corrected chi connectivity index (χ3v) is 5.81. The maximum absolute atomic E-state index is 5.90. The number of hydrogen-bond acceptors (Lipinski definition) is 3. The van der Waals surface area contributed by atoms with Gasteiger partial charge in [-0.2, -0.15) is 24.3 Å². The molecule has 0 saturated heterocycles. The van der Waals surface area contributed by atoms with Gasteiger partial charge in [-0.1, -0.05) is 29.7 Å². The van der Waals surface area contributed by atoms with Crippen LogP contribution in [0.3, 0.4) is 0 Å². The Morgan fingerprint density at radius 2 is 1.60 bits per heavy atom. The number of pyridine rings is 2. The third kappa shape index (κ3) is 4.38. The fourth-order valence-electron chi connectivity index (χ4n) is 4.41. The smallest absolute Gasteiger partial charge is 0.460 e. The van der Waals surface area contributed by atoms with Gasteiger partial charge in [0.25, 0.3) is 0 Å². The van der Waals surface area contributed by atoms with Gasteiger partial charge >= 0.3 is 21.1 Å². The SMILES string of the molecule is Cc1cc(C)nc(-n2c3[c-]c(-c4[c-]c(Oc5ccccn5)ccc4)ccc3c3ccccc32)c1.[Pt+2]. The number of fused-ring (bicyclic) bond motifs is 3. The Bertz CT molecular complexity index is 1640. The van der Waals surface area contributed by atoms with Gasteiger partial charge in [0.15, 0.2) is 0 Å². The van der Waals surface area contributed by atoms with Crippen LogP contribution in [0.25, 0.3) is 38.8 Å². The molecule has 3 aromatic heterocycles. The van der Waals surface area contributed by atoms with Gasteiger partial charge in [-0.25, -0.2) is 21.1 Å². The second-order valence-corrected chi connectivity index (χ2v) is 8.33. The Morgan fingerprint density at radius 3 is 2.43 bits per heavy atom. The van der Waals surface area contributed by atoms with Crippen LogP contribution in [-0.4, -0.2) is 14.5 Å². The third-order valence-electron chi connectivity index (χ3n) is 5.81. The zero-order valence-corrected chi connectivity index (χ0v) is 21.5. The Balaban J connectivity index is 0.00000253. The zero-order chi connectivity index (χ0) is 23.1. The molecule has 0 N–H and O–H groups in total. The Kier molecular flexibility index (Phi) is 6.23. The summed E-state index contributed by atoms with van der Waals surface area (Å²) in [5, 5.41) is 2.32. The van der Waals surface area contributed by atoms with Crippen LogP contribution < -0.4 is 4.74 Å². The number of rotatable bonds is 4. The summed E-state index contributed by atoms with van der Waals surface area (Å²) < 4.78 is 8.10. The van der Waals surface area contributed by atoms with Gasteiger partial charge in [-0.05, 0) is 54.6 Å². The first-order chi connectivity index (χ1) is 16.7. The Labute approximate surface area is 218 Å². The molecule has 0 aliphatic rings. The first-order valence-electron chi connectivity index (χ1n) is 11.2. The number of benzene rings is 3. The number of nitrogens with zero attached hydrogens (tertiary/aromatic N) is 3. The second-order valence-electron chi connectivity index (χ2n) is 8.33. The first kappa shape index (κ1) is 23.0. The normalized spacial score (nSPS) is 10.9. The van der Waals surface area contributed by atoms with Crippen molar-refractivity contribution in [1.29, 1.82) is 0 Å². The summed E-state index contributed by atoms with van der Waals surface area (Å²) in [6.07, 6.45) is 1.71. The molecule has 35 heavy (non-hydrogen) atoms. The van der Waals surface area contributed by atoms with E-state index in [1.807, 2.05) is 43.3 Å². The van der Waals surface area contributed by atoms with Gasteiger partial charge in [-0.15, -0.1) is 18.2 Å². The molecule has 172 valence electrons. The number of ether oxygens (including phenoxy) is 1. The average Bonchev–Trinajstić information content (AvgIpc) is 3.18. The molecule has 0 aliphatic heterocycles. The summed E-state index contributed by atoms with van der Waals surface area (Å²) in [5.41, 5.74) is 6.11. The predicted molar refractivity (Wildman–Crippen MR) is 135 cm³/mol. The number of para-hydroxylation sites is 1. The van der Waals surface area contributed by atoms with Crippen molar-refractivity contribution in [2.45, 2.75) is 13.8 Å². The van der Waals surface area contributed by atoms with E-state index in [1.54, 1.807) is 6.20 Å². The van der Waals surface area contributed by atoms with Gasteiger partial charge in [-0.3, -0.25) is 0 Å². The van der Waals surface area contributed by atoms with Crippen molar-refractivity contribution in [3.8, 4) is 28.6 Å². The largest absolute Gasteiger partial charge is 2.00 e. The maximum atomic E-state index is 5.90. The van der Waals surface area contributed by atoms with Crippen molar-refractivity contribution in [1.82, 2.24) is 14.5 Å². The minimum Gasteiger partial charge on any atom is -0.460 e.